The normalized spacial score (nSPS) is 10.8. The van der Waals surface area contributed by atoms with Crippen LogP contribution in [-0.4, -0.2) is 16.7 Å². The average molecular weight is 208 g/mol. The smallest absolute Gasteiger partial charge is 0.210 e. The molecule has 2 aromatic rings. The van der Waals surface area contributed by atoms with Gasteiger partial charge in [-0.1, -0.05) is 17.4 Å². The van der Waals surface area contributed by atoms with Crippen molar-refractivity contribution in [3.63, 3.8) is 0 Å². The van der Waals surface area contributed by atoms with Crippen LogP contribution in [0.4, 0.5) is 5.13 Å². The molecule has 1 N–H and O–H groups in total. The molecule has 0 aliphatic rings. The molecule has 0 saturated carbocycles. The fraction of sp³-hybridized carbons (Fsp3) is 0.300. The molecular formula is C10H12N2OS. The van der Waals surface area contributed by atoms with Crippen molar-refractivity contribution < 1.29 is 5.21 Å². The molecule has 0 spiro atoms. The molecule has 0 radical (unpaired) electrons. The van der Waals surface area contributed by atoms with Crippen LogP contribution in [0.3, 0.4) is 0 Å². The lowest BCUT2D eigenvalue weighted by Gasteiger charge is -2.08. The number of thiazole rings is 1. The van der Waals surface area contributed by atoms with Crippen molar-refractivity contribution in [1.82, 2.24) is 4.98 Å². The van der Waals surface area contributed by atoms with E-state index in [1.807, 2.05) is 19.1 Å². The van der Waals surface area contributed by atoms with Gasteiger partial charge in [-0.05, 0) is 31.5 Å². The van der Waals surface area contributed by atoms with Crippen molar-refractivity contribution >= 4 is 26.7 Å². The lowest BCUT2D eigenvalue weighted by atomic mass is 10.2. The summed E-state index contributed by atoms with van der Waals surface area (Å²) in [4.78, 5) is 4.32. The average Bonchev–Trinajstić information content (AvgIpc) is 2.59. The van der Waals surface area contributed by atoms with E-state index in [4.69, 9.17) is 0 Å². The van der Waals surface area contributed by atoms with E-state index in [-0.39, 0.29) is 0 Å². The summed E-state index contributed by atoms with van der Waals surface area (Å²) in [5.41, 5.74) is 2.16. The van der Waals surface area contributed by atoms with Gasteiger partial charge in [-0.15, -0.1) is 0 Å². The Morgan fingerprint density at radius 1 is 1.50 bits per heavy atom. The Morgan fingerprint density at radius 2 is 2.29 bits per heavy atom. The lowest BCUT2D eigenvalue weighted by molar-refractivity contribution is 0.260. The van der Waals surface area contributed by atoms with Gasteiger partial charge < -0.3 is 0 Å². The highest BCUT2D eigenvalue weighted by atomic mass is 32.1. The zero-order valence-corrected chi connectivity index (χ0v) is 9.01. The third-order valence-electron chi connectivity index (χ3n) is 2.05. The third-order valence-corrected chi connectivity index (χ3v) is 3.08. The number of fused-ring (bicyclic) bond motifs is 1. The van der Waals surface area contributed by atoms with E-state index in [1.54, 1.807) is 0 Å². The van der Waals surface area contributed by atoms with Gasteiger partial charge in [0.2, 0.25) is 5.13 Å². The van der Waals surface area contributed by atoms with Gasteiger partial charge in [0, 0.05) is 6.54 Å². The molecule has 0 saturated heterocycles. The van der Waals surface area contributed by atoms with E-state index in [9.17, 15) is 5.21 Å². The van der Waals surface area contributed by atoms with Crippen LogP contribution < -0.4 is 5.06 Å². The number of hydroxylamine groups is 1. The fourth-order valence-electron chi connectivity index (χ4n) is 1.27. The summed E-state index contributed by atoms with van der Waals surface area (Å²) in [6.07, 6.45) is 0. The quantitative estimate of drug-likeness (QED) is 0.771. The van der Waals surface area contributed by atoms with Crippen LogP contribution in [0.5, 0.6) is 0 Å². The van der Waals surface area contributed by atoms with Crippen LogP contribution in [0.1, 0.15) is 12.5 Å². The molecule has 4 heteroatoms. The Hall–Kier alpha value is -1.13. The van der Waals surface area contributed by atoms with E-state index >= 15 is 0 Å². The van der Waals surface area contributed by atoms with Crippen LogP contribution in [0, 0.1) is 6.92 Å². The van der Waals surface area contributed by atoms with E-state index in [0.29, 0.717) is 11.7 Å². The number of anilines is 1. The molecule has 1 heterocycles. The van der Waals surface area contributed by atoms with E-state index in [2.05, 4.69) is 18.0 Å². The molecule has 1 aromatic heterocycles. The van der Waals surface area contributed by atoms with Crippen LogP contribution in [0.2, 0.25) is 0 Å². The van der Waals surface area contributed by atoms with Crippen molar-refractivity contribution in [2.24, 2.45) is 0 Å². The summed E-state index contributed by atoms with van der Waals surface area (Å²) in [6, 6.07) is 6.09. The largest absolute Gasteiger partial charge is 0.286 e. The highest BCUT2D eigenvalue weighted by Crippen LogP contribution is 2.28. The first kappa shape index (κ1) is 9.43. The van der Waals surface area contributed by atoms with Crippen LogP contribution >= 0.6 is 11.3 Å². The summed E-state index contributed by atoms with van der Waals surface area (Å²) in [5.74, 6) is 0. The summed E-state index contributed by atoms with van der Waals surface area (Å²) >= 11 is 1.51. The second-order valence-electron chi connectivity index (χ2n) is 3.18. The first-order valence-electron chi connectivity index (χ1n) is 4.54. The third kappa shape index (κ3) is 1.58. The molecule has 0 aliphatic heterocycles. The van der Waals surface area contributed by atoms with Crippen molar-refractivity contribution in [2.45, 2.75) is 13.8 Å². The predicted molar refractivity (Wildman–Crippen MR) is 59.2 cm³/mol. The van der Waals surface area contributed by atoms with Crippen molar-refractivity contribution in [3.8, 4) is 0 Å². The number of hydrogen-bond acceptors (Lipinski definition) is 4. The molecule has 0 bridgehead atoms. The number of aryl methyl sites for hydroxylation is 1. The zero-order chi connectivity index (χ0) is 10.1. The summed E-state index contributed by atoms with van der Waals surface area (Å²) in [7, 11) is 0. The fourth-order valence-corrected chi connectivity index (χ4v) is 2.30. The summed E-state index contributed by atoms with van der Waals surface area (Å²) in [5, 5.41) is 11.3. The van der Waals surface area contributed by atoms with Crippen molar-refractivity contribution in [1.29, 1.82) is 0 Å². The maximum Gasteiger partial charge on any atom is 0.210 e. The molecule has 0 atom stereocenters. The van der Waals surface area contributed by atoms with Crippen LogP contribution in [0.25, 0.3) is 10.2 Å². The zero-order valence-electron chi connectivity index (χ0n) is 8.19. The summed E-state index contributed by atoms with van der Waals surface area (Å²) in [6.45, 7) is 4.49. The molecule has 14 heavy (non-hydrogen) atoms. The predicted octanol–water partition coefficient (Wildman–Crippen LogP) is 2.82. The lowest BCUT2D eigenvalue weighted by Crippen LogP contribution is -2.16. The minimum Gasteiger partial charge on any atom is -0.286 e. The van der Waals surface area contributed by atoms with E-state index in [1.165, 1.54) is 22.0 Å². The SMILES string of the molecule is CCN(O)c1nc2ccc(C)cc2s1. The molecule has 0 aliphatic carbocycles. The molecular weight excluding hydrogens is 196 g/mol. The maximum absolute atomic E-state index is 9.48. The highest BCUT2D eigenvalue weighted by Gasteiger charge is 2.07. The number of nitrogens with zero attached hydrogens (tertiary/aromatic N) is 2. The Bertz CT molecular complexity index is 452. The monoisotopic (exact) mass is 208 g/mol. The van der Waals surface area contributed by atoms with E-state index in [0.717, 1.165) is 10.2 Å². The van der Waals surface area contributed by atoms with Gasteiger partial charge in [-0.3, -0.25) is 5.21 Å². The Morgan fingerprint density at radius 3 is 3.00 bits per heavy atom. The Kier molecular flexibility index (Phi) is 2.39. The number of rotatable bonds is 2. The first-order chi connectivity index (χ1) is 6.70. The topological polar surface area (TPSA) is 36.4 Å². The number of hydrogen-bond donors (Lipinski definition) is 1. The maximum atomic E-state index is 9.48. The van der Waals surface area contributed by atoms with Crippen molar-refractivity contribution in [3.05, 3.63) is 23.8 Å². The minimum atomic E-state index is 0.554. The minimum absolute atomic E-state index is 0.554. The molecule has 0 amide bonds. The molecule has 2 rings (SSSR count). The molecule has 3 nitrogen and oxygen atoms in total. The molecule has 1 aromatic carbocycles. The van der Waals surface area contributed by atoms with Gasteiger partial charge in [0.15, 0.2) is 0 Å². The van der Waals surface area contributed by atoms with Crippen LogP contribution in [0.15, 0.2) is 18.2 Å². The van der Waals surface area contributed by atoms with Crippen LogP contribution in [-0.2, 0) is 0 Å². The van der Waals surface area contributed by atoms with Gasteiger partial charge in [-0.25, -0.2) is 10.0 Å². The summed E-state index contributed by atoms with van der Waals surface area (Å²) < 4.78 is 1.12. The standard InChI is InChI=1S/C10H12N2OS/c1-3-12(13)10-11-8-5-4-7(2)6-9(8)14-10/h4-6,13H,3H2,1-2H3. The van der Waals surface area contributed by atoms with E-state index < -0.39 is 0 Å². The molecule has 0 fully saturated rings. The van der Waals surface area contributed by atoms with Gasteiger partial charge in [0.1, 0.15) is 0 Å². The van der Waals surface area contributed by atoms with Gasteiger partial charge in [0.05, 0.1) is 10.2 Å². The van der Waals surface area contributed by atoms with Gasteiger partial charge in [0.25, 0.3) is 0 Å². The molecule has 74 valence electrons. The Labute approximate surface area is 86.6 Å². The van der Waals surface area contributed by atoms with Gasteiger partial charge >= 0.3 is 0 Å². The number of benzene rings is 1. The Balaban J connectivity index is 2.51. The molecule has 0 unspecified atom stereocenters. The van der Waals surface area contributed by atoms with Crippen molar-refractivity contribution in [2.75, 3.05) is 11.6 Å². The first-order valence-corrected chi connectivity index (χ1v) is 5.36. The number of aromatic nitrogens is 1. The second-order valence-corrected chi connectivity index (χ2v) is 4.19. The highest BCUT2D eigenvalue weighted by molar-refractivity contribution is 7.22. The second kappa shape index (κ2) is 3.55. The van der Waals surface area contributed by atoms with Gasteiger partial charge in [-0.2, -0.15) is 0 Å².